The van der Waals surface area contributed by atoms with Gasteiger partial charge in [-0.3, -0.25) is 0 Å². The third-order valence-electron chi connectivity index (χ3n) is 8.92. The highest BCUT2D eigenvalue weighted by Crippen LogP contribution is 2.21. The Morgan fingerprint density at radius 2 is 1.06 bits per heavy atom. The molecule has 2 heterocycles. The number of aromatic nitrogens is 2. The van der Waals surface area contributed by atoms with Crippen LogP contribution < -0.4 is 23.8 Å². The van der Waals surface area contributed by atoms with Crippen LogP contribution in [0, 0.1) is 0 Å². The van der Waals surface area contributed by atoms with Gasteiger partial charge in [0.05, 0.1) is 59.8 Å². The minimum absolute atomic E-state index is 0.979. The first-order valence-electron chi connectivity index (χ1n) is 18.4. The summed E-state index contributed by atoms with van der Waals surface area (Å²) in [6.07, 6.45) is 15.7. The fourth-order valence-electron chi connectivity index (χ4n) is 5.83. The minimum atomic E-state index is 0.979. The molecule has 0 saturated heterocycles. The van der Waals surface area contributed by atoms with Crippen LogP contribution >= 0.6 is 21.6 Å². The summed E-state index contributed by atoms with van der Waals surface area (Å²) >= 11 is 0. The van der Waals surface area contributed by atoms with Crippen LogP contribution in [-0.2, 0) is 13.1 Å². The highest BCUT2D eigenvalue weighted by Gasteiger charge is 2.11. The van der Waals surface area contributed by atoms with Crippen LogP contribution in [0.2, 0.25) is 0 Å². The van der Waals surface area contributed by atoms with E-state index in [1.165, 1.54) is 64.7 Å². The number of rotatable bonds is 21. The maximum atomic E-state index is 2.35. The van der Waals surface area contributed by atoms with E-state index in [-0.39, 0.29) is 0 Å². The molecular formula is C43H62N6S2+4. The van der Waals surface area contributed by atoms with Crippen molar-refractivity contribution in [1.82, 2.24) is 0 Å². The number of benzene rings is 2. The lowest BCUT2D eigenvalue weighted by atomic mass is 10.1. The molecule has 0 aliphatic heterocycles. The third-order valence-corrected chi connectivity index (χ3v) is 11.3. The molecule has 0 unspecified atom stereocenters. The average molecular weight is 727 g/mol. The van der Waals surface area contributed by atoms with Gasteiger partial charge in [-0.1, -0.05) is 45.9 Å². The number of nitrogens with one attached hydrogen (secondary N) is 1. The van der Waals surface area contributed by atoms with Gasteiger partial charge in [0.1, 0.15) is 0 Å². The maximum absolute atomic E-state index is 2.35. The number of anilines is 2. The van der Waals surface area contributed by atoms with Crippen molar-refractivity contribution >= 4 is 57.3 Å². The molecule has 272 valence electrons. The van der Waals surface area contributed by atoms with Gasteiger partial charge in [0.2, 0.25) is 11.4 Å². The van der Waals surface area contributed by atoms with Crippen LogP contribution in [-0.4, -0.2) is 91.5 Å². The molecule has 8 heteroatoms. The number of hydrogen-bond donors (Lipinski definition) is 1. The average Bonchev–Trinajstić information content (AvgIpc) is 3.11. The summed E-state index contributed by atoms with van der Waals surface area (Å²) < 4.78 is 5.71. The molecule has 4 rings (SSSR count). The summed E-state index contributed by atoms with van der Waals surface area (Å²) in [7, 11) is 19.5. The van der Waals surface area contributed by atoms with Crippen molar-refractivity contribution in [2.45, 2.75) is 25.9 Å². The molecule has 0 radical (unpaired) electrons. The number of pyridine rings is 2. The quantitative estimate of drug-likeness (QED) is 0.0478. The molecule has 0 amide bonds. The zero-order chi connectivity index (χ0) is 36.5. The van der Waals surface area contributed by atoms with Crippen molar-refractivity contribution in [3.05, 3.63) is 120 Å². The minimum Gasteiger partial charge on any atom is -0.374 e. The Balaban J connectivity index is 1.20. The topological polar surface area (TPSA) is 18.7 Å². The zero-order valence-electron chi connectivity index (χ0n) is 32.2. The molecule has 0 atom stereocenters. The van der Waals surface area contributed by atoms with Gasteiger partial charge in [-0.25, -0.2) is 0 Å². The molecule has 0 saturated carbocycles. The number of aryl methyl sites for hydroxylation is 2. The van der Waals surface area contributed by atoms with Crippen LogP contribution in [0.5, 0.6) is 0 Å². The van der Waals surface area contributed by atoms with Gasteiger partial charge in [0.25, 0.3) is 0 Å². The molecular weight excluding hydrogens is 665 g/mol. The second-order valence-corrected chi connectivity index (χ2v) is 17.4. The Labute approximate surface area is 317 Å². The van der Waals surface area contributed by atoms with E-state index in [9.17, 15) is 0 Å². The lowest BCUT2D eigenvalue weighted by Crippen LogP contribution is -3.05. The van der Waals surface area contributed by atoms with E-state index in [4.69, 9.17) is 0 Å². The van der Waals surface area contributed by atoms with Crippen LogP contribution in [0.3, 0.4) is 0 Å². The smallest absolute Gasteiger partial charge is 0.205 e. The van der Waals surface area contributed by atoms with Crippen molar-refractivity contribution in [3.8, 4) is 0 Å². The third kappa shape index (κ3) is 14.9. The predicted octanol–water partition coefficient (Wildman–Crippen LogP) is 6.19. The fourth-order valence-corrected chi connectivity index (χ4v) is 7.76. The van der Waals surface area contributed by atoms with Gasteiger partial charge in [-0.05, 0) is 59.7 Å². The van der Waals surface area contributed by atoms with Gasteiger partial charge in [-0.15, -0.1) is 0 Å². The molecule has 0 spiro atoms. The Kier molecular flexibility index (Phi) is 16.6. The van der Waals surface area contributed by atoms with Crippen molar-refractivity contribution in [2.75, 3.05) is 96.8 Å². The molecule has 0 bridgehead atoms. The normalized spacial score (nSPS) is 12.0. The molecule has 0 aliphatic carbocycles. The summed E-state index contributed by atoms with van der Waals surface area (Å²) in [6.45, 7) is 6.48. The van der Waals surface area contributed by atoms with Crippen LogP contribution in [0.4, 0.5) is 11.4 Å². The van der Waals surface area contributed by atoms with E-state index >= 15 is 0 Å². The van der Waals surface area contributed by atoms with E-state index in [0.29, 0.717) is 0 Å². The number of quaternary nitrogens is 2. The molecule has 0 aliphatic rings. The van der Waals surface area contributed by atoms with E-state index in [1.807, 2.05) is 21.6 Å². The van der Waals surface area contributed by atoms with Crippen molar-refractivity contribution in [2.24, 2.45) is 0 Å². The summed E-state index contributed by atoms with van der Waals surface area (Å²) in [5.74, 6) is 2.12. The zero-order valence-corrected chi connectivity index (χ0v) is 33.8. The molecule has 2 aromatic carbocycles. The van der Waals surface area contributed by atoms with Crippen LogP contribution in [0.15, 0.2) is 97.3 Å². The first-order valence-corrected chi connectivity index (χ1v) is 20.9. The first kappa shape index (κ1) is 40.2. The molecule has 1 N–H and O–H groups in total. The number of nitrogens with zero attached hydrogens (tertiary/aromatic N) is 5. The number of hydrogen-bond acceptors (Lipinski definition) is 4. The van der Waals surface area contributed by atoms with E-state index < -0.39 is 0 Å². The maximum Gasteiger partial charge on any atom is 0.205 e. The van der Waals surface area contributed by atoms with E-state index in [0.717, 1.165) is 42.2 Å². The second-order valence-electron chi connectivity index (χ2n) is 14.7. The lowest BCUT2D eigenvalue weighted by Gasteiger charge is -2.26. The van der Waals surface area contributed by atoms with Gasteiger partial charge >= 0.3 is 0 Å². The molecule has 2 aromatic heterocycles. The molecule has 6 nitrogen and oxygen atoms in total. The Morgan fingerprint density at radius 1 is 0.608 bits per heavy atom. The highest BCUT2D eigenvalue weighted by atomic mass is 33.1. The van der Waals surface area contributed by atoms with Crippen molar-refractivity contribution in [3.63, 3.8) is 0 Å². The standard InChI is InChI=1S/C43H61N6S2/c1-44(2)28-12-29-45(3)40-22-16-38(17-23-40)20-26-42-14-8-10-31-47(42)33-36-50-51-37-34-48-32-11-9-15-43(48)27-21-39-18-24-41(25-19-39)46(4)30-13-35-49(5,6)7/h8-11,14-27,31-32H,12-13,28-30,33-37H2,1-7H3/q+3/p+1. The predicted molar refractivity (Wildman–Crippen MR) is 225 cm³/mol. The van der Waals surface area contributed by atoms with Gasteiger partial charge in [-0.2, -0.15) is 9.13 Å². The summed E-state index contributed by atoms with van der Waals surface area (Å²) in [4.78, 5) is 6.21. The molecule has 51 heavy (non-hydrogen) atoms. The Morgan fingerprint density at radius 3 is 1.49 bits per heavy atom. The Bertz CT molecular complexity index is 1640. The SMILES string of the molecule is CN(CCC[NH+](C)C)c1ccc(/C=C/c2cccc[n+]2CCSSCC[n+]2ccccc2/C=C/c2ccc(N(C)CCC[N+](C)(C)C)cc2)cc1. The van der Waals surface area contributed by atoms with Crippen molar-refractivity contribution < 1.29 is 18.5 Å². The van der Waals surface area contributed by atoms with Gasteiger partial charge < -0.3 is 19.2 Å². The highest BCUT2D eigenvalue weighted by molar-refractivity contribution is 8.76. The monoisotopic (exact) mass is 726 g/mol. The molecule has 4 aromatic rings. The first-order chi connectivity index (χ1) is 24.6. The summed E-state index contributed by atoms with van der Waals surface area (Å²) in [6, 6.07) is 30.7. The van der Waals surface area contributed by atoms with Gasteiger partial charge in [0, 0.05) is 87.8 Å². The summed E-state index contributed by atoms with van der Waals surface area (Å²) in [5, 5.41) is 0. The largest absolute Gasteiger partial charge is 0.374 e. The lowest BCUT2D eigenvalue weighted by molar-refractivity contribution is -0.870. The van der Waals surface area contributed by atoms with E-state index in [2.05, 4.69) is 190 Å². The Hall–Kier alpha value is -3.56. The fraction of sp³-hybridized carbons (Fsp3) is 0.395. The second kappa shape index (κ2) is 21.1. The van der Waals surface area contributed by atoms with Crippen molar-refractivity contribution in [1.29, 1.82) is 0 Å². The molecule has 0 fully saturated rings. The summed E-state index contributed by atoms with van der Waals surface area (Å²) in [5.41, 5.74) is 7.44. The van der Waals surface area contributed by atoms with Gasteiger partial charge in [0.15, 0.2) is 25.5 Å². The van der Waals surface area contributed by atoms with Crippen LogP contribution in [0.1, 0.15) is 35.4 Å². The van der Waals surface area contributed by atoms with Crippen LogP contribution in [0.25, 0.3) is 24.3 Å². The van der Waals surface area contributed by atoms with E-state index in [1.54, 1.807) is 0 Å².